The average molecular weight is 275 g/mol. The maximum atomic E-state index is 11.8. The van der Waals surface area contributed by atoms with Gasteiger partial charge < -0.3 is 16.0 Å². The Morgan fingerprint density at radius 1 is 1.25 bits per heavy atom. The molecule has 0 bridgehead atoms. The van der Waals surface area contributed by atoms with Crippen LogP contribution in [0.4, 0.5) is 5.69 Å². The number of rotatable bonds is 4. The van der Waals surface area contributed by atoms with Crippen molar-refractivity contribution in [3.63, 3.8) is 0 Å². The Labute approximate surface area is 121 Å². The van der Waals surface area contributed by atoms with Gasteiger partial charge in [0.1, 0.15) is 0 Å². The van der Waals surface area contributed by atoms with Gasteiger partial charge in [0.05, 0.1) is 0 Å². The lowest BCUT2D eigenvalue weighted by Crippen LogP contribution is -2.36. The van der Waals surface area contributed by atoms with Crippen molar-refractivity contribution < 1.29 is 4.79 Å². The van der Waals surface area contributed by atoms with Gasteiger partial charge >= 0.3 is 0 Å². The van der Waals surface area contributed by atoms with Crippen LogP contribution < -0.4 is 11.1 Å². The van der Waals surface area contributed by atoms with E-state index in [-0.39, 0.29) is 5.91 Å². The average Bonchev–Trinajstić information content (AvgIpc) is 2.48. The van der Waals surface area contributed by atoms with Gasteiger partial charge in [-0.2, -0.15) is 0 Å². The zero-order valence-electron chi connectivity index (χ0n) is 12.4. The van der Waals surface area contributed by atoms with Crippen molar-refractivity contribution in [2.24, 2.45) is 11.7 Å². The molecule has 1 fully saturated rings. The van der Waals surface area contributed by atoms with Gasteiger partial charge in [0.15, 0.2) is 0 Å². The van der Waals surface area contributed by atoms with Gasteiger partial charge in [0, 0.05) is 31.4 Å². The molecule has 4 heteroatoms. The molecule has 0 heterocycles. The van der Waals surface area contributed by atoms with Gasteiger partial charge in [0.25, 0.3) is 5.91 Å². The SMILES string of the molecule is CN(C)C(=O)c1ccc(NC2CCCCC2CN)cc1. The van der Waals surface area contributed by atoms with Crippen LogP contribution in [0.25, 0.3) is 0 Å². The number of nitrogens with two attached hydrogens (primary N) is 1. The third-order valence-electron chi connectivity index (χ3n) is 4.10. The summed E-state index contributed by atoms with van der Waals surface area (Å²) < 4.78 is 0. The summed E-state index contributed by atoms with van der Waals surface area (Å²) in [7, 11) is 3.53. The lowest BCUT2D eigenvalue weighted by Gasteiger charge is -2.32. The Kier molecular flexibility index (Phi) is 5.01. The summed E-state index contributed by atoms with van der Waals surface area (Å²) in [6.07, 6.45) is 4.95. The minimum atomic E-state index is 0.0362. The molecule has 1 amide bonds. The first-order valence-electron chi connectivity index (χ1n) is 7.40. The van der Waals surface area contributed by atoms with Gasteiger partial charge in [-0.15, -0.1) is 0 Å². The van der Waals surface area contributed by atoms with Gasteiger partial charge in [-0.1, -0.05) is 12.8 Å². The quantitative estimate of drug-likeness (QED) is 0.886. The van der Waals surface area contributed by atoms with Crippen LogP contribution in [0.1, 0.15) is 36.0 Å². The molecule has 2 unspecified atom stereocenters. The van der Waals surface area contributed by atoms with Crippen molar-refractivity contribution in [3.05, 3.63) is 29.8 Å². The maximum absolute atomic E-state index is 11.8. The summed E-state index contributed by atoms with van der Waals surface area (Å²) in [6.45, 7) is 0.745. The third kappa shape index (κ3) is 3.51. The van der Waals surface area contributed by atoms with E-state index in [0.29, 0.717) is 12.0 Å². The molecule has 0 aromatic heterocycles. The summed E-state index contributed by atoms with van der Waals surface area (Å²) in [5.74, 6) is 0.598. The highest BCUT2D eigenvalue weighted by atomic mass is 16.2. The van der Waals surface area contributed by atoms with Crippen molar-refractivity contribution in [1.29, 1.82) is 0 Å². The number of hydrogen-bond donors (Lipinski definition) is 2. The molecule has 0 spiro atoms. The lowest BCUT2D eigenvalue weighted by molar-refractivity contribution is 0.0827. The molecule has 1 aromatic carbocycles. The van der Waals surface area contributed by atoms with Gasteiger partial charge in [0.2, 0.25) is 0 Å². The fourth-order valence-electron chi connectivity index (χ4n) is 2.86. The number of carbonyl (C=O) groups is 1. The summed E-state index contributed by atoms with van der Waals surface area (Å²) in [4.78, 5) is 13.4. The van der Waals surface area contributed by atoms with Crippen LogP contribution in [0, 0.1) is 5.92 Å². The summed E-state index contributed by atoms with van der Waals surface area (Å²) in [5, 5.41) is 3.57. The van der Waals surface area contributed by atoms with E-state index >= 15 is 0 Å². The van der Waals surface area contributed by atoms with Crippen LogP contribution in [0.15, 0.2) is 24.3 Å². The molecule has 4 nitrogen and oxygen atoms in total. The zero-order valence-corrected chi connectivity index (χ0v) is 12.4. The van der Waals surface area contributed by atoms with Crippen molar-refractivity contribution in [1.82, 2.24) is 4.90 Å². The van der Waals surface area contributed by atoms with E-state index in [2.05, 4.69) is 5.32 Å². The van der Waals surface area contributed by atoms with E-state index in [4.69, 9.17) is 5.73 Å². The Morgan fingerprint density at radius 2 is 1.90 bits per heavy atom. The molecule has 1 aliphatic carbocycles. The van der Waals surface area contributed by atoms with E-state index in [1.807, 2.05) is 24.3 Å². The van der Waals surface area contributed by atoms with Gasteiger partial charge in [-0.25, -0.2) is 0 Å². The van der Waals surface area contributed by atoms with Crippen LogP contribution >= 0.6 is 0 Å². The highest BCUT2D eigenvalue weighted by Crippen LogP contribution is 2.26. The van der Waals surface area contributed by atoms with E-state index in [1.54, 1.807) is 19.0 Å². The molecule has 1 aromatic rings. The molecule has 1 saturated carbocycles. The lowest BCUT2D eigenvalue weighted by atomic mass is 9.84. The normalized spacial score (nSPS) is 22.4. The zero-order chi connectivity index (χ0) is 14.5. The molecule has 2 rings (SSSR count). The van der Waals surface area contributed by atoms with E-state index in [9.17, 15) is 4.79 Å². The van der Waals surface area contributed by atoms with E-state index in [0.717, 1.165) is 17.8 Å². The Hall–Kier alpha value is -1.55. The summed E-state index contributed by atoms with van der Waals surface area (Å²) in [5.41, 5.74) is 7.65. The predicted molar refractivity (Wildman–Crippen MR) is 82.9 cm³/mol. The number of nitrogens with zero attached hydrogens (tertiary/aromatic N) is 1. The minimum absolute atomic E-state index is 0.0362. The fraction of sp³-hybridized carbons (Fsp3) is 0.562. The summed E-state index contributed by atoms with van der Waals surface area (Å²) >= 11 is 0. The van der Waals surface area contributed by atoms with Gasteiger partial charge in [-0.05, 0) is 49.6 Å². The molecule has 110 valence electrons. The van der Waals surface area contributed by atoms with Crippen molar-refractivity contribution in [3.8, 4) is 0 Å². The molecule has 20 heavy (non-hydrogen) atoms. The van der Waals surface area contributed by atoms with Gasteiger partial charge in [-0.3, -0.25) is 4.79 Å². The fourth-order valence-corrected chi connectivity index (χ4v) is 2.86. The number of anilines is 1. The first-order chi connectivity index (χ1) is 9.61. The molecular formula is C16H25N3O. The highest BCUT2D eigenvalue weighted by Gasteiger charge is 2.23. The van der Waals surface area contributed by atoms with Crippen molar-refractivity contribution >= 4 is 11.6 Å². The standard InChI is InChI=1S/C16H25N3O/c1-19(2)16(20)12-7-9-14(10-8-12)18-15-6-4-3-5-13(15)11-17/h7-10,13,15,18H,3-6,11,17H2,1-2H3. The monoisotopic (exact) mass is 275 g/mol. The second-order valence-corrected chi connectivity index (χ2v) is 5.81. The Balaban J connectivity index is 2.01. The molecule has 0 saturated heterocycles. The molecule has 0 aliphatic heterocycles. The molecule has 2 atom stereocenters. The van der Waals surface area contributed by atoms with Crippen LogP contribution in [0.3, 0.4) is 0 Å². The minimum Gasteiger partial charge on any atom is -0.382 e. The first-order valence-corrected chi connectivity index (χ1v) is 7.40. The van der Waals surface area contributed by atoms with E-state index < -0.39 is 0 Å². The first kappa shape index (κ1) is 14.9. The maximum Gasteiger partial charge on any atom is 0.253 e. The number of nitrogens with one attached hydrogen (secondary N) is 1. The second-order valence-electron chi connectivity index (χ2n) is 5.81. The predicted octanol–water partition coefficient (Wildman–Crippen LogP) is 2.32. The smallest absolute Gasteiger partial charge is 0.253 e. The van der Waals surface area contributed by atoms with Crippen LogP contribution in [0.2, 0.25) is 0 Å². The molecule has 3 N–H and O–H groups in total. The molecule has 0 radical (unpaired) electrons. The molecule has 1 aliphatic rings. The Bertz CT molecular complexity index is 442. The number of benzene rings is 1. The van der Waals surface area contributed by atoms with Crippen LogP contribution in [0.5, 0.6) is 0 Å². The van der Waals surface area contributed by atoms with Crippen LogP contribution in [-0.2, 0) is 0 Å². The van der Waals surface area contributed by atoms with Crippen molar-refractivity contribution in [2.45, 2.75) is 31.7 Å². The number of hydrogen-bond acceptors (Lipinski definition) is 3. The van der Waals surface area contributed by atoms with E-state index in [1.165, 1.54) is 25.7 Å². The topological polar surface area (TPSA) is 58.4 Å². The second kappa shape index (κ2) is 6.75. The van der Waals surface area contributed by atoms with Crippen LogP contribution in [-0.4, -0.2) is 37.5 Å². The largest absolute Gasteiger partial charge is 0.382 e. The van der Waals surface area contributed by atoms with Crippen molar-refractivity contribution in [2.75, 3.05) is 26.0 Å². The number of carbonyl (C=O) groups excluding carboxylic acids is 1. The Morgan fingerprint density at radius 3 is 2.50 bits per heavy atom. The number of amides is 1. The molecular weight excluding hydrogens is 250 g/mol. The third-order valence-corrected chi connectivity index (χ3v) is 4.10. The summed E-state index contributed by atoms with van der Waals surface area (Å²) in [6, 6.07) is 8.19. The highest BCUT2D eigenvalue weighted by molar-refractivity contribution is 5.94.